The molecule has 0 unspecified atom stereocenters. The Morgan fingerprint density at radius 2 is 2.03 bits per heavy atom. The van der Waals surface area contributed by atoms with E-state index < -0.39 is 5.82 Å². The highest BCUT2D eigenvalue weighted by Crippen LogP contribution is 2.32. The number of benzene rings is 1. The maximum absolute atomic E-state index is 14.3. The van der Waals surface area contributed by atoms with Gasteiger partial charge in [-0.15, -0.1) is 0 Å². The first-order valence-electron chi connectivity index (χ1n) is 11.4. The Morgan fingerprint density at radius 3 is 2.81 bits per heavy atom. The summed E-state index contributed by atoms with van der Waals surface area (Å²) in [5.41, 5.74) is 2.94. The molecule has 5 rings (SSSR count). The van der Waals surface area contributed by atoms with Gasteiger partial charge in [-0.1, -0.05) is 12.1 Å². The zero-order valence-corrected chi connectivity index (χ0v) is 18.5. The van der Waals surface area contributed by atoms with Crippen molar-refractivity contribution in [2.75, 3.05) is 13.1 Å². The van der Waals surface area contributed by atoms with E-state index in [1.54, 1.807) is 17.0 Å². The SMILES string of the molecule is CC(C)N1CCc2c(nc3cc([C@H]4CCCCN4C(=O)c4ccccc4F)[nH]n3c2=O)C1. The molecular formula is C24H28FN5O2. The Morgan fingerprint density at radius 1 is 1.22 bits per heavy atom. The molecule has 1 amide bonds. The van der Waals surface area contributed by atoms with Crippen LogP contribution in [0.15, 0.2) is 35.1 Å². The Labute approximate surface area is 185 Å². The summed E-state index contributed by atoms with van der Waals surface area (Å²) in [6.07, 6.45) is 3.26. The lowest BCUT2D eigenvalue weighted by molar-refractivity contribution is 0.0601. The van der Waals surface area contributed by atoms with Crippen LogP contribution >= 0.6 is 0 Å². The molecule has 32 heavy (non-hydrogen) atoms. The minimum atomic E-state index is -0.515. The van der Waals surface area contributed by atoms with Gasteiger partial charge in [0.15, 0.2) is 5.65 Å². The van der Waals surface area contributed by atoms with Crippen LogP contribution in [0.1, 0.15) is 66.5 Å². The van der Waals surface area contributed by atoms with Crippen molar-refractivity contribution in [3.63, 3.8) is 0 Å². The molecule has 2 aliphatic rings. The number of carbonyl (C=O) groups is 1. The average molecular weight is 438 g/mol. The van der Waals surface area contributed by atoms with Gasteiger partial charge in [0.1, 0.15) is 5.82 Å². The lowest BCUT2D eigenvalue weighted by Gasteiger charge is -2.35. The van der Waals surface area contributed by atoms with Gasteiger partial charge in [-0.3, -0.25) is 19.6 Å². The van der Waals surface area contributed by atoms with Crippen molar-refractivity contribution in [3.8, 4) is 0 Å². The van der Waals surface area contributed by atoms with Crippen molar-refractivity contribution in [2.24, 2.45) is 0 Å². The van der Waals surface area contributed by atoms with Gasteiger partial charge in [0.05, 0.1) is 23.0 Å². The quantitative estimate of drug-likeness (QED) is 0.682. The number of aromatic amines is 1. The molecule has 1 fully saturated rings. The lowest BCUT2D eigenvalue weighted by Crippen LogP contribution is -2.40. The topological polar surface area (TPSA) is 73.7 Å². The van der Waals surface area contributed by atoms with E-state index in [2.05, 4.69) is 23.8 Å². The van der Waals surface area contributed by atoms with Crippen molar-refractivity contribution < 1.29 is 9.18 Å². The number of H-pyrrole nitrogens is 1. The second kappa shape index (κ2) is 8.16. The molecular weight excluding hydrogens is 409 g/mol. The Bertz CT molecular complexity index is 1230. The molecule has 3 aromatic rings. The highest BCUT2D eigenvalue weighted by molar-refractivity contribution is 5.94. The minimum absolute atomic E-state index is 0.0672. The van der Waals surface area contributed by atoms with Crippen LogP contribution in [-0.2, 0) is 13.0 Å². The molecule has 0 saturated carbocycles. The summed E-state index contributed by atoms with van der Waals surface area (Å²) in [4.78, 5) is 35.2. The van der Waals surface area contributed by atoms with Gasteiger partial charge in [-0.25, -0.2) is 13.9 Å². The number of likely N-dealkylation sites (tertiary alicyclic amines) is 1. The molecule has 168 valence electrons. The first-order chi connectivity index (χ1) is 15.4. The summed E-state index contributed by atoms with van der Waals surface area (Å²) >= 11 is 0. The molecule has 1 N–H and O–H groups in total. The zero-order valence-electron chi connectivity index (χ0n) is 18.5. The predicted octanol–water partition coefficient (Wildman–Crippen LogP) is 3.30. The Balaban J connectivity index is 1.52. The summed E-state index contributed by atoms with van der Waals surface area (Å²) in [7, 11) is 0. The summed E-state index contributed by atoms with van der Waals surface area (Å²) in [6, 6.07) is 8.10. The normalized spacial score (nSPS) is 19.5. The fourth-order valence-electron chi connectivity index (χ4n) is 4.93. The number of rotatable bonds is 3. The second-order valence-electron chi connectivity index (χ2n) is 9.05. The third-order valence-electron chi connectivity index (χ3n) is 6.77. The van der Waals surface area contributed by atoms with Gasteiger partial charge in [0.2, 0.25) is 0 Å². The van der Waals surface area contributed by atoms with E-state index in [1.165, 1.54) is 16.6 Å². The third kappa shape index (κ3) is 3.52. The van der Waals surface area contributed by atoms with Crippen LogP contribution in [0.5, 0.6) is 0 Å². The highest BCUT2D eigenvalue weighted by Gasteiger charge is 2.32. The number of hydrogen-bond acceptors (Lipinski definition) is 4. The minimum Gasteiger partial charge on any atom is -0.330 e. The molecule has 4 heterocycles. The predicted molar refractivity (Wildman–Crippen MR) is 119 cm³/mol. The maximum atomic E-state index is 14.3. The van der Waals surface area contributed by atoms with Crippen LogP contribution < -0.4 is 5.56 Å². The zero-order chi connectivity index (χ0) is 22.4. The van der Waals surface area contributed by atoms with Gasteiger partial charge in [-0.05, 0) is 51.7 Å². The van der Waals surface area contributed by atoms with Crippen LogP contribution in [-0.4, -0.2) is 49.4 Å². The van der Waals surface area contributed by atoms with Gasteiger partial charge in [0, 0.05) is 37.3 Å². The van der Waals surface area contributed by atoms with E-state index >= 15 is 0 Å². The van der Waals surface area contributed by atoms with Crippen molar-refractivity contribution in [1.29, 1.82) is 0 Å². The molecule has 0 radical (unpaired) electrons. The van der Waals surface area contributed by atoms with Crippen LogP contribution in [0.3, 0.4) is 0 Å². The number of amides is 1. The van der Waals surface area contributed by atoms with E-state index in [1.807, 2.05) is 6.07 Å². The first kappa shape index (κ1) is 20.9. The highest BCUT2D eigenvalue weighted by atomic mass is 19.1. The third-order valence-corrected chi connectivity index (χ3v) is 6.77. The van der Waals surface area contributed by atoms with E-state index in [0.29, 0.717) is 31.2 Å². The monoisotopic (exact) mass is 437 g/mol. The maximum Gasteiger partial charge on any atom is 0.276 e. The molecule has 2 aliphatic heterocycles. The van der Waals surface area contributed by atoms with Gasteiger partial charge >= 0.3 is 0 Å². The molecule has 8 heteroatoms. The summed E-state index contributed by atoms with van der Waals surface area (Å²) in [5, 5.41) is 3.21. The van der Waals surface area contributed by atoms with Crippen molar-refractivity contribution in [1.82, 2.24) is 24.4 Å². The number of nitrogens with one attached hydrogen (secondary N) is 1. The summed E-state index contributed by atoms with van der Waals surface area (Å²) < 4.78 is 15.8. The standard InChI is InChI=1S/C24H28FN5O2/c1-15(2)28-12-10-17-20(14-28)26-22-13-19(27-30(22)24(17)32)21-9-5-6-11-29(21)23(31)16-7-3-4-8-18(16)25/h3-4,7-8,13,15,21,27H,5-6,9-12,14H2,1-2H3/t21-/m1/s1. The number of hydrogen-bond donors (Lipinski definition) is 1. The number of nitrogens with zero attached hydrogens (tertiary/aromatic N) is 4. The second-order valence-corrected chi connectivity index (χ2v) is 9.05. The number of aromatic nitrogens is 3. The van der Waals surface area contributed by atoms with E-state index in [4.69, 9.17) is 4.98 Å². The van der Waals surface area contributed by atoms with E-state index in [9.17, 15) is 14.0 Å². The van der Waals surface area contributed by atoms with Crippen LogP contribution in [0, 0.1) is 5.82 Å². The first-order valence-corrected chi connectivity index (χ1v) is 11.4. The van der Waals surface area contributed by atoms with Gasteiger partial charge < -0.3 is 4.90 Å². The number of fused-ring (bicyclic) bond motifs is 2. The van der Waals surface area contributed by atoms with Crippen molar-refractivity contribution in [3.05, 3.63) is 69.0 Å². The fraction of sp³-hybridized carbons (Fsp3) is 0.458. The Hall–Kier alpha value is -3.00. The lowest BCUT2D eigenvalue weighted by atomic mass is 9.98. The molecule has 1 atom stereocenters. The molecule has 1 saturated heterocycles. The van der Waals surface area contributed by atoms with Crippen molar-refractivity contribution >= 4 is 11.6 Å². The molecule has 7 nitrogen and oxygen atoms in total. The number of carbonyl (C=O) groups excluding carboxylic acids is 1. The van der Waals surface area contributed by atoms with Crippen LogP contribution in [0.2, 0.25) is 0 Å². The van der Waals surface area contributed by atoms with Crippen molar-refractivity contribution in [2.45, 2.75) is 58.2 Å². The largest absolute Gasteiger partial charge is 0.330 e. The smallest absolute Gasteiger partial charge is 0.276 e. The molecule has 0 aliphatic carbocycles. The van der Waals surface area contributed by atoms with Gasteiger partial charge in [-0.2, -0.15) is 0 Å². The average Bonchev–Trinajstić information content (AvgIpc) is 3.23. The van der Waals surface area contributed by atoms with Crippen LogP contribution in [0.4, 0.5) is 4.39 Å². The Kier molecular flexibility index (Phi) is 5.33. The summed E-state index contributed by atoms with van der Waals surface area (Å²) in [6.45, 7) is 6.36. The molecule has 1 aromatic carbocycles. The van der Waals surface area contributed by atoms with Crippen LogP contribution in [0.25, 0.3) is 5.65 Å². The molecule has 2 aromatic heterocycles. The van der Waals surface area contributed by atoms with Gasteiger partial charge in [0.25, 0.3) is 11.5 Å². The number of piperidine rings is 1. The van der Waals surface area contributed by atoms with E-state index in [0.717, 1.165) is 42.8 Å². The summed E-state index contributed by atoms with van der Waals surface area (Å²) in [5.74, 6) is -0.836. The van der Waals surface area contributed by atoms with E-state index in [-0.39, 0.29) is 23.1 Å². The molecule has 0 bridgehead atoms. The number of halogens is 1. The molecule has 0 spiro atoms. The fourth-order valence-corrected chi connectivity index (χ4v) is 4.93.